The van der Waals surface area contributed by atoms with Crippen LogP contribution in [0.3, 0.4) is 0 Å². The van der Waals surface area contributed by atoms with Crippen molar-refractivity contribution in [2.75, 3.05) is 13.6 Å². The average molecular weight is 233 g/mol. The summed E-state index contributed by atoms with van der Waals surface area (Å²) < 4.78 is 0. The van der Waals surface area contributed by atoms with Gasteiger partial charge in [0.25, 0.3) is 5.91 Å². The lowest BCUT2D eigenvalue weighted by Gasteiger charge is -2.17. The van der Waals surface area contributed by atoms with Gasteiger partial charge in [0, 0.05) is 19.2 Å². The van der Waals surface area contributed by atoms with E-state index in [1.807, 2.05) is 43.1 Å². The summed E-state index contributed by atoms with van der Waals surface area (Å²) in [6, 6.07) is 7.79. The highest BCUT2D eigenvalue weighted by molar-refractivity contribution is 5.94. The Bertz CT molecular complexity index is 360. The lowest BCUT2D eigenvalue weighted by molar-refractivity contribution is 0.0792. The molecular formula is C15H23NO. The highest BCUT2D eigenvalue weighted by atomic mass is 16.2. The van der Waals surface area contributed by atoms with E-state index in [2.05, 4.69) is 6.92 Å². The van der Waals surface area contributed by atoms with Crippen molar-refractivity contribution in [2.45, 2.75) is 39.5 Å². The summed E-state index contributed by atoms with van der Waals surface area (Å²) >= 11 is 0. The van der Waals surface area contributed by atoms with E-state index in [-0.39, 0.29) is 5.91 Å². The molecule has 2 nitrogen and oxygen atoms in total. The minimum atomic E-state index is 0.130. The smallest absolute Gasteiger partial charge is 0.253 e. The quantitative estimate of drug-likeness (QED) is 0.687. The Labute approximate surface area is 105 Å². The predicted octanol–water partition coefficient (Wildman–Crippen LogP) is 3.65. The molecule has 17 heavy (non-hydrogen) atoms. The van der Waals surface area contributed by atoms with Crippen LogP contribution in [0.25, 0.3) is 0 Å². The Hall–Kier alpha value is -1.31. The predicted molar refractivity (Wildman–Crippen MR) is 72.3 cm³/mol. The van der Waals surface area contributed by atoms with E-state index in [0.29, 0.717) is 0 Å². The molecule has 0 aliphatic heterocycles. The largest absolute Gasteiger partial charge is 0.342 e. The first-order chi connectivity index (χ1) is 8.15. The number of hydrogen-bond donors (Lipinski definition) is 0. The summed E-state index contributed by atoms with van der Waals surface area (Å²) in [4.78, 5) is 13.9. The average Bonchev–Trinajstić information content (AvgIpc) is 2.33. The van der Waals surface area contributed by atoms with Crippen LogP contribution in [0, 0.1) is 6.92 Å². The second-order valence-electron chi connectivity index (χ2n) is 4.66. The molecule has 2 heteroatoms. The number of unbranched alkanes of at least 4 members (excludes halogenated alkanes) is 3. The van der Waals surface area contributed by atoms with Crippen LogP contribution >= 0.6 is 0 Å². The molecule has 0 bridgehead atoms. The minimum Gasteiger partial charge on any atom is -0.342 e. The van der Waals surface area contributed by atoms with Gasteiger partial charge in [-0.05, 0) is 25.5 Å². The van der Waals surface area contributed by atoms with Gasteiger partial charge in [-0.3, -0.25) is 4.79 Å². The van der Waals surface area contributed by atoms with Crippen molar-refractivity contribution in [2.24, 2.45) is 0 Å². The van der Waals surface area contributed by atoms with Crippen LogP contribution in [0.4, 0.5) is 0 Å². The van der Waals surface area contributed by atoms with Crippen LogP contribution in [0.15, 0.2) is 24.3 Å². The van der Waals surface area contributed by atoms with E-state index >= 15 is 0 Å². The fourth-order valence-corrected chi connectivity index (χ4v) is 1.88. The monoisotopic (exact) mass is 233 g/mol. The van der Waals surface area contributed by atoms with Crippen molar-refractivity contribution in [1.29, 1.82) is 0 Å². The zero-order chi connectivity index (χ0) is 12.7. The van der Waals surface area contributed by atoms with Gasteiger partial charge < -0.3 is 4.90 Å². The van der Waals surface area contributed by atoms with Crippen LogP contribution in [0.2, 0.25) is 0 Å². The third-order valence-electron chi connectivity index (χ3n) is 2.96. The van der Waals surface area contributed by atoms with Gasteiger partial charge in [-0.2, -0.15) is 0 Å². The Kier molecular flexibility index (Phi) is 5.75. The first-order valence-corrected chi connectivity index (χ1v) is 6.47. The molecule has 0 heterocycles. The molecule has 0 unspecified atom stereocenters. The molecule has 0 fully saturated rings. The van der Waals surface area contributed by atoms with Gasteiger partial charge in [0.2, 0.25) is 0 Å². The maximum absolute atomic E-state index is 12.1. The molecule has 0 radical (unpaired) electrons. The van der Waals surface area contributed by atoms with E-state index in [1.165, 1.54) is 19.3 Å². The van der Waals surface area contributed by atoms with Crippen molar-refractivity contribution in [3.05, 3.63) is 35.4 Å². The van der Waals surface area contributed by atoms with Crippen molar-refractivity contribution in [3.8, 4) is 0 Å². The molecule has 0 saturated carbocycles. The van der Waals surface area contributed by atoms with Crippen LogP contribution in [-0.2, 0) is 0 Å². The van der Waals surface area contributed by atoms with Crippen molar-refractivity contribution in [3.63, 3.8) is 0 Å². The molecule has 0 aromatic heterocycles. The summed E-state index contributed by atoms with van der Waals surface area (Å²) in [6.07, 6.45) is 4.80. The van der Waals surface area contributed by atoms with E-state index in [4.69, 9.17) is 0 Å². The summed E-state index contributed by atoms with van der Waals surface area (Å²) in [5.41, 5.74) is 1.93. The number of benzene rings is 1. The Morgan fingerprint density at radius 2 is 2.00 bits per heavy atom. The van der Waals surface area contributed by atoms with Gasteiger partial charge >= 0.3 is 0 Å². The molecule has 0 atom stereocenters. The number of amides is 1. The lowest BCUT2D eigenvalue weighted by atomic mass is 10.1. The highest BCUT2D eigenvalue weighted by Gasteiger charge is 2.10. The SMILES string of the molecule is CCCCCCN(C)C(=O)c1cccc(C)c1. The van der Waals surface area contributed by atoms with Crippen molar-refractivity contribution >= 4 is 5.91 Å². The standard InChI is InChI=1S/C15H23NO/c1-4-5-6-7-11-16(3)15(17)14-10-8-9-13(2)12-14/h8-10,12H,4-7,11H2,1-3H3. The summed E-state index contributed by atoms with van der Waals surface area (Å²) in [6.45, 7) is 5.06. The number of carbonyl (C=O) groups is 1. The molecule has 0 saturated heterocycles. The van der Waals surface area contributed by atoms with Crippen LogP contribution in [0.5, 0.6) is 0 Å². The number of rotatable bonds is 6. The number of aryl methyl sites for hydroxylation is 1. The van der Waals surface area contributed by atoms with Crippen molar-refractivity contribution < 1.29 is 4.79 Å². The first kappa shape index (κ1) is 13.8. The van der Waals surface area contributed by atoms with E-state index in [1.54, 1.807) is 0 Å². The second-order valence-corrected chi connectivity index (χ2v) is 4.66. The summed E-state index contributed by atoms with van der Waals surface area (Å²) in [7, 11) is 1.89. The first-order valence-electron chi connectivity index (χ1n) is 6.47. The van der Waals surface area contributed by atoms with Gasteiger partial charge in [0.05, 0.1) is 0 Å². The number of hydrogen-bond acceptors (Lipinski definition) is 1. The minimum absolute atomic E-state index is 0.130. The molecule has 0 aliphatic rings. The summed E-state index contributed by atoms with van der Waals surface area (Å²) in [5.74, 6) is 0.130. The zero-order valence-corrected chi connectivity index (χ0v) is 11.2. The van der Waals surface area contributed by atoms with Gasteiger partial charge in [0.15, 0.2) is 0 Å². The molecule has 1 amide bonds. The third kappa shape index (κ3) is 4.59. The van der Waals surface area contributed by atoms with E-state index in [9.17, 15) is 4.79 Å². The van der Waals surface area contributed by atoms with Crippen molar-refractivity contribution in [1.82, 2.24) is 4.90 Å². The Morgan fingerprint density at radius 3 is 2.65 bits per heavy atom. The maximum atomic E-state index is 12.1. The molecular weight excluding hydrogens is 210 g/mol. The molecule has 0 spiro atoms. The number of nitrogens with zero attached hydrogens (tertiary/aromatic N) is 1. The third-order valence-corrected chi connectivity index (χ3v) is 2.96. The highest BCUT2D eigenvalue weighted by Crippen LogP contribution is 2.08. The molecule has 0 N–H and O–H groups in total. The maximum Gasteiger partial charge on any atom is 0.253 e. The molecule has 0 aliphatic carbocycles. The van der Waals surface area contributed by atoms with Gasteiger partial charge in [-0.15, -0.1) is 0 Å². The zero-order valence-electron chi connectivity index (χ0n) is 11.2. The van der Waals surface area contributed by atoms with Gasteiger partial charge in [0.1, 0.15) is 0 Å². The number of carbonyl (C=O) groups excluding carboxylic acids is 1. The van der Waals surface area contributed by atoms with Gasteiger partial charge in [-0.25, -0.2) is 0 Å². The topological polar surface area (TPSA) is 20.3 Å². The molecule has 1 rings (SSSR count). The molecule has 1 aromatic carbocycles. The Balaban J connectivity index is 2.46. The Morgan fingerprint density at radius 1 is 1.24 bits per heavy atom. The fourth-order valence-electron chi connectivity index (χ4n) is 1.88. The van der Waals surface area contributed by atoms with Gasteiger partial charge in [-0.1, -0.05) is 43.9 Å². The van der Waals surface area contributed by atoms with E-state index < -0.39 is 0 Å². The van der Waals surface area contributed by atoms with E-state index in [0.717, 1.165) is 24.1 Å². The lowest BCUT2D eigenvalue weighted by Crippen LogP contribution is -2.27. The molecule has 1 aromatic rings. The van der Waals surface area contributed by atoms with Crippen LogP contribution in [0.1, 0.15) is 48.5 Å². The summed E-state index contributed by atoms with van der Waals surface area (Å²) in [5, 5.41) is 0. The fraction of sp³-hybridized carbons (Fsp3) is 0.533. The molecule has 94 valence electrons. The van der Waals surface area contributed by atoms with Crippen LogP contribution < -0.4 is 0 Å². The van der Waals surface area contributed by atoms with Crippen LogP contribution in [-0.4, -0.2) is 24.4 Å². The second kappa shape index (κ2) is 7.10. The normalized spacial score (nSPS) is 10.3.